The van der Waals surface area contributed by atoms with Crippen molar-refractivity contribution >= 4 is 23.3 Å². The fourth-order valence-electron chi connectivity index (χ4n) is 3.68. The quantitative estimate of drug-likeness (QED) is 0.688. The number of hydrogen-bond donors (Lipinski definition) is 1. The maximum atomic E-state index is 13.2. The molecule has 2 amide bonds. The van der Waals surface area contributed by atoms with Crippen molar-refractivity contribution < 1.29 is 9.59 Å². The van der Waals surface area contributed by atoms with Gasteiger partial charge in [0.2, 0.25) is 5.91 Å². The molecule has 0 saturated carbocycles. The van der Waals surface area contributed by atoms with E-state index in [1.165, 1.54) is 12.1 Å². The van der Waals surface area contributed by atoms with E-state index in [1.807, 2.05) is 44.2 Å². The Balaban J connectivity index is 1.47. The molecule has 0 bridgehead atoms. The van der Waals surface area contributed by atoms with Crippen molar-refractivity contribution in [3.05, 3.63) is 81.9 Å². The molecule has 0 radical (unpaired) electrons. The molecule has 8 nitrogen and oxygen atoms in total. The lowest BCUT2D eigenvalue weighted by Crippen LogP contribution is -2.37. The number of pyridine rings is 1. The Kier molecular flexibility index (Phi) is 5.62. The second-order valence-electron chi connectivity index (χ2n) is 7.66. The molecule has 1 aromatic carbocycles. The van der Waals surface area contributed by atoms with Gasteiger partial charge in [0.15, 0.2) is 0 Å². The molecule has 0 spiro atoms. The fraction of sp³-hybridized carbons (Fsp3) is 0.261. The van der Waals surface area contributed by atoms with E-state index >= 15 is 0 Å². The van der Waals surface area contributed by atoms with E-state index in [0.29, 0.717) is 5.82 Å². The number of anilines is 2. The SMILES string of the molecule is Cc1ccc(NC(=O)CCn2nc(C(=O)N3c4ccccc4C[C@H]3C)ccc2=O)nc1. The second kappa shape index (κ2) is 8.51. The van der Waals surface area contributed by atoms with Gasteiger partial charge >= 0.3 is 0 Å². The molecule has 1 N–H and O–H groups in total. The van der Waals surface area contributed by atoms with Gasteiger partial charge in [0.25, 0.3) is 11.5 Å². The molecule has 158 valence electrons. The van der Waals surface area contributed by atoms with Gasteiger partial charge in [-0.05, 0) is 49.6 Å². The van der Waals surface area contributed by atoms with Crippen LogP contribution in [0.25, 0.3) is 0 Å². The topological polar surface area (TPSA) is 97.2 Å². The molecule has 4 rings (SSSR count). The summed E-state index contributed by atoms with van der Waals surface area (Å²) in [6.07, 6.45) is 2.46. The van der Waals surface area contributed by atoms with E-state index in [4.69, 9.17) is 0 Å². The van der Waals surface area contributed by atoms with Crippen LogP contribution in [0.2, 0.25) is 0 Å². The third kappa shape index (κ3) is 4.37. The minimum absolute atomic E-state index is 0.000125. The number of carbonyl (C=O) groups is 2. The molecular formula is C23H23N5O3. The molecular weight excluding hydrogens is 394 g/mol. The molecule has 1 aliphatic rings. The molecule has 0 fully saturated rings. The Morgan fingerprint density at radius 2 is 1.94 bits per heavy atom. The van der Waals surface area contributed by atoms with E-state index in [1.54, 1.807) is 17.2 Å². The summed E-state index contributed by atoms with van der Waals surface area (Å²) in [4.78, 5) is 43.4. The number of rotatable bonds is 5. The van der Waals surface area contributed by atoms with Gasteiger partial charge in [-0.25, -0.2) is 9.67 Å². The molecule has 3 heterocycles. The van der Waals surface area contributed by atoms with E-state index < -0.39 is 0 Å². The lowest BCUT2D eigenvalue weighted by atomic mass is 10.1. The van der Waals surface area contributed by atoms with Gasteiger partial charge in [-0.3, -0.25) is 14.4 Å². The van der Waals surface area contributed by atoms with Gasteiger partial charge < -0.3 is 10.2 Å². The number of carbonyl (C=O) groups excluding carboxylic acids is 2. The van der Waals surface area contributed by atoms with Crippen molar-refractivity contribution in [3.63, 3.8) is 0 Å². The fourth-order valence-corrected chi connectivity index (χ4v) is 3.68. The number of aromatic nitrogens is 3. The molecule has 0 aliphatic carbocycles. The van der Waals surface area contributed by atoms with Crippen LogP contribution in [0.15, 0.2) is 59.5 Å². The van der Waals surface area contributed by atoms with Crippen LogP contribution in [0, 0.1) is 6.92 Å². The van der Waals surface area contributed by atoms with Gasteiger partial charge in [0.05, 0.1) is 6.54 Å². The first-order chi connectivity index (χ1) is 14.9. The predicted octanol–water partition coefficient (Wildman–Crippen LogP) is 2.57. The highest BCUT2D eigenvalue weighted by Crippen LogP contribution is 2.32. The Bertz CT molecular complexity index is 1190. The molecule has 8 heteroatoms. The van der Waals surface area contributed by atoms with E-state index in [0.717, 1.165) is 27.9 Å². The van der Waals surface area contributed by atoms with Gasteiger partial charge in [-0.2, -0.15) is 5.10 Å². The average molecular weight is 417 g/mol. The van der Waals surface area contributed by atoms with Gasteiger partial charge in [0.1, 0.15) is 11.5 Å². The van der Waals surface area contributed by atoms with Crippen LogP contribution >= 0.6 is 0 Å². The van der Waals surface area contributed by atoms with Crippen molar-refractivity contribution in [1.29, 1.82) is 0 Å². The summed E-state index contributed by atoms with van der Waals surface area (Å²) in [6, 6.07) is 14.1. The van der Waals surface area contributed by atoms with Crippen molar-refractivity contribution in [2.24, 2.45) is 0 Å². The van der Waals surface area contributed by atoms with Crippen molar-refractivity contribution in [1.82, 2.24) is 14.8 Å². The third-order valence-electron chi connectivity index (χ3n) is 5.24. The van der Waals surface area contributed by atoms with E-state index in [2.05, 4.69) is 15.4 Å². The van der Waals surface area contributed by atoms with Crippen LogP contribution in [0.4, 0.5) is 11.5 Å². The highest BCUT2D eigenvalue weighted by molar-refractivity contribution is 6.06. The number of hydrogen-bond acceptors (Lipinski definition) is 5. The van der Waals surface area contributed by atoms with Gasteiger partial charge in [-0.1, -0.05) is 24.3 Å². The molecule has 2 aromatic heterocycles. The Morgan fingerprint density at radius 1 is 1.13 bits per heavy atom. The van der Waals surface area contributed by atoms with E-state index in [-0.39, 0.29) is 42.1 Å². The minimum Gasteiger partial charge on any atom is -0.311 e. The molecule has 3 aromatic rings. The monoisotopic (exact) mass is 417 g/mol. The average Bonchev–Trinajstić information content (AvgIpc) is 3.10. The summed E-state index contributed by atoms with van der Waals surface area (Å²) in [5.74, 6) is -0.107. The van der Waals surface area contributed by atoms with Crippen molar-refractivity contribution in [2.75, 3.05) is 10.2 Å². The van der Waals surface area contributed by atoms with Crippen LogP contribution in [0.3, 0.4) is 0 Å². The zero-order valence-electron chi connectivity index (χ0n) is 17.4. The van der Waals surface area contributed by atoms with Crippen LogP contribution in [-0.4, -0.2) is 32.6 Å². The number of amides is 2. The zero-order valence-corrected chi connectivity index (χ0v) is 17.4. The zero-order chi connectivity index (χ0) is 22.0. The molecule has 31 heavy (non-hydrogen) atoms. The van der Waals surface area contributed by atoms with Gasteiger partial charge in [0, 0.05) is 30.4 Å². The summed E-state index contributed by atoms with van der Waals surface area (Å²) >= 11 is 0. The lowest BCUT2D eigenvalue weighted by Gasteiger charge is -2.22. The first-order valence-electron chi connectivity index (χ1n) is 10.1. The maximum absolute atomic E-state index is 13.2. The van der Waals surface area contributed by atoms with Crippen LogP contribution in [0.5, 0.6) is 0 Å². The van der Waals surface area contributed by atoms with Crippen molar-refractivity contribution in [3.8, 4) is 0 Å². The first kappa shape index (κ1) is 20.5. The van der Waals surface area contributed by atoms with Crippen LogP contribution in [0.1, 0.15) is 35.0 Å². The minimum atomic E-state index is -0.368. The Hall–Kier alpha value is -3.81. The smallest absolute Gasteiger partial charge is 0.278 e. The summed E-state index contributed by atoms with van der Waals surface area (Å²) in [6.45, 7) is 3.95. The summed E-state index contributed by atoms with van der Waals surface area (Å²) in [5, 5.41) is 6.92. The largest absolute Gasteiger partial charge is 0.311 e. The van der Waals surface area contributed by atoms with Crippen LogP contribution < -0.4 is 15.8 Å². The number of nitrogens with zero attached hydrogens (tertiary/aromatic N) is 4. The number of fused-ring (bicyclic) bond motifs is 1. The number of aryl methyl sites for hydroxylation is 2. The third-order valence-corrected chi connectivity index (χ3v) is 5.24. The van der Waals surface area contributed by atoms with Crippen molar-refractivity contribution in [2.45, 2.75) is 39.3 Å². The van der Waals surface area contributed by atoms with E-state index in [9.17, 15) is 14.4 Å². The highest BCUT2D eigenvalue weighted by atomic mass is 16.2. The highest BCUT2D eigenvalue weighted by Gasteiger charge is 2.32. The van der Waals surface area contributed by atoms with Crippen LogP contribution in [-0.2, 0) is 17.8 Å². The number of benzene rings is 1. The standard InChI is InChI=1S/C23H23N5O3/c1-15-7-9-20(24-14-15)25-21(29)11-12-27-22(30)10-8-18(26-27)23(31)28-16(2)13-17-5-3-4-6-19(17)28/h3-10,14,16H,11-13H2,1-2H3,(H,24,25,29)/t16-/m1/s1. The number of nitrogens with one attached hydrogen (secondary N) is 1. The van der Waals surface area contributed by atoms with Gasteiger partial charge in [-0.15, -0.1) is 0 Å². The number of para-hydroxylation sites is 1. The normalized spacial score (nSPS) is 14.9. The Labute approximate surface area is 179 Å². The molecule has 0 unspecified atom stereocenters. The molecule has 0 saturated heterocycles. The molecule has 1 aliphatic heterocycles. The Morgan fingerprint density at radius 3 is 2.71 bits per heavy atom. The summed E-state index contributed by atoms with van der Waals surface area (Å²) < 4.78 is 1.15. The molecule has 1 atom stereocenters. The first-order valence-corrected chi connectivity index (χ1v) is 10.1. The summed E-state index contributed by atoms with van der Waals surface area (Å²) in [7, 11) is 0. The summed E-state index contributed by atoms with van der Waals surface area (Å²) in [5.41, 5.74) is 2.77. The lowest BCUT2D eigenvalue weighted by molar-refractivity contribution is -0.116. The second-order valence-corrected chi connectivity index (χ2v) is 7.66. The maximum Gasteiger partial charge on any atom is 0.278 e. The predicted molar refractivity (Wildman–Crippen MR) is 117 cm³/mol.